The van der Waals surface area contributed by atoms with E-state index in [1.54, 1.807) is 37.7 Å². The SMILES string of the molecule is CNc1ccncc1S(=O)(=O)N(C)C(C)c1cccs1. The van der Waals surface area contributed by atoms with Crippen LogP contribution >= 0.6 is 11.3 Å². The Morgan fingerprint density at radius 3 is 2.75 bits per heavy atom. The molecule has 0 spiro atoms. The van der Waals surface area contributed by atoms with Crippen molar-refractivity contribution in [1.29, 1.82) is 0 Å². The largest absolute Gasteiger partial charge is 0.387 e. The van der Waals surface area contributed by atoms with Gasteiger partial charge in [-0.1, -0.05) is 6.07 Å². The van der Waals surface area contributed by atoms with Crippen molar-refractivity contribution in [2.24, 2.45) is 0 Å². The van der Waals surface area contributed by atoms with Crippen molar-refractivity contribution >= 4 is 27.0 Å². The molecule has 0 aliphatic rings. The maximum Gasteiger partial charge on any atom is 0.246 e. The lowest BCUT2D eigenvalue weighted by atomic mass is 10.3. The monoisotopic (exact) mass is 311 g/mol. The highest BCUT2D eigenvalue weighted by molar-refractivity contribution is 7.89. The van der Waals surface area contributed by atoms with Gasteiger partial charge in [-0.25, -0.2) is 8.42 Å². The zero-order valence-corrected chi connectivity index (χ0v) is 13.2. The summed E-state index contributed by atoms with van der Waals surface area (Å²) in [5.74, 6) is 0. The molecule has 0 radical (unpaired) electrons. The van der Waals surface area contributed by atoms with Gasteiger partial charge in [-0.2, -0.15) is 4.31 Å². The third-order valence-electron chi connectivity index (χ3n) is 3.21. The Kier molecular flexibility index (Phi) is 4.42. The molecule has 5 nitrogen and oxygen atoms in total. The van der Waals surface area contributed by atoms with Crippen molar-refractivity contribution < 1.29 is 8.42 Å². The van der Waals surface area contributed by atoms with Crippen LogP contribution in [0, 0.1) is 0 Å². The summed E-state index contributed by atoms with van der Waals surface area (Å²) in [7, 11) is -0.311. The van der Waals surface area contributed by atoms with Crippen LogP contribution in [-0.2, 0) is 10.0 Å². The van der Waals surface area contributed by atoms with Crippen LogP contribution in [0.25, 0.3) is 0 Å². The fraction of sp³-hybridized carbons (Fsp3) is 0.308. The second-order valence-corrected chi connectivity index (χ2v) is 7.28. The first-order chi connectivity index (χ1) is 9.48. The quantitative estimate of drug-likeness (QED) is 0.922. The molecule has 0 aliphatic carbocycles. The standard InChI is InChI=1S/C13H17N3O2S2/c1-10(12-5-4-8-19-12)16(3)20(17,18)13-9-15-7-6-11(13)14-2/h4-10H,1-3H3,(H,14,15). The van der Waals surface area contributed by atoms with E-state index in [1.807, 2.05) is 24.4 Å². The lowest BCUT2D eigenvalue weighted by Gasteiger charge is -2.24. The van der Waals surface area contributed by atoms with Gasteiger partial charge in [-0.15, -0.1) is 11.3 Å². The molecule has 0 bridgehead atoms. The second-order valence-electron chi connectivity index (χ2n) is 4.33. The van der Waals surface area contributed by atoms with Crippen LogP contribution in [0.3, 0.4) is 0 Å². The summed E-state index contributed by atoms with van der Waals surface area (Å²) < 4.78 is 26.8. The highest BCUT2D eigenvalue weighted by Crippen LogP contribution is 2.30. The Labute approximate surface area is 123 Å². The van der Waals surface area contributed by atoms with E-state index >= 15 is 0 Å². The molecule has 2 aromatic heterocycles. The lowest BCUT2D eigenvalue weighted by molar-refractivity contribution is 0.403. The first kappa shape index (κ1) is 15.0. The molecule has 2 heterocycles. The maximum atomic E-state index is 12.7. The summed E-state index contributed by atoms with van der Waals surface area (Å²) in [6.45, 7) is 1.87. The minimum absolute atomic E-state index is 0.188. The topological polar surface area (TPSA) is 62.3 Å². The van der Waals surface area contributed by atoms with Gasteiger partial charge in [0, 0.05) is 31.4 Å². The molecule has 0 saturated heterocycles. The number of hydrogen-bond donors (Lipinski definition) is 1. The van der Waals surface area contributed by atoms with Gasteiger partial charge in [0.1, 0.15) is 4.90 Å². The third-order valence-corrected chi connectivity index (χ3v) is 6.21. The van der Waals surface area contributed by atoms with Gasteiger partial charge in [-0.05, 0) is 24.4 Å². The summed E-state index contributed by atoms with van der Waals surface area (Å²) >= 11 is 1.54. The predicted octanol–water partition coefficient (Wildman–Crippen LogP) is 2.57. The summed E-state index contributed by atoms with van der Waals surface area (Å²) in [6.07, 6.45) is 2.94. The highest BCUT2D eigenvalue weighted by Gasteiger charge is 2.28. The van der Waals surface area contributed by atoms with Crippen LogP contribution in [0.1, 0.15) is 17.8 Å². The van der Waals surface area contributed by atoms with E-state index in [1.165, 1.54) is 10.5 Å². The number of nitrogens with one attached hydrogen (secondary N) is 1. The second kappa shape index (κ2) is 5.90. The zero-order chi connectivity index (χ0) is 14.8. The van der Waals surface area contributed by atoms with E-state index in [0.29, 0.717) is 5.69 Å². The molecule has 0 saturated carbocycles. The number of rotatable bonds is 5. The summed E-state index contributed by atoms with van der Waals surface area (Å²) in [5, 5.41) is 4.83. The average molecular weight is 311 g/mol. The Morgan fingerprint density at radius 2 is 2.15 bits per heavy atom. The van der Waals surface area contributed by atoms with Gasteiger partial charge in [0.15, 0.2) is 0 Å². The van der Waals surface area contributed by atoms with Gasteiger partial charge in [-0.3, -0.25) is 4.98 Å². The molecule has 20 heavy (non-hydrogen) atoms. The van der Waals surface area contributed by atoms with E-state index in [9.17, 15) is 8.42 Å². The summed E-state index contributed by atoms with van der Waals surface area (Å²) in [5.41, 5.74) is 0.547. The number of anilines is 1. The number of sulfonamides is 1. The number of thiophene rings is 1. The maximum absolute atomic E-state index is 12.7. The number of nitrogens with zero attached hydrogens (tertiary/aromatic N) is 2. The molecular weight excluding hydrogens is 294 g/mol. The molecule has 0 fully saturated rings. The van der Waals surface area contributed by atoms with Gasteiger partial charge in [0.2, 0.25) is 10.0 Å². The summed E-state index contributed by atoms with van der Waals surface area (Å²) in [6, 6.07) is 5.28. The first-order valence-electron chi connectivity index (χ1n) is 6.11. The molecule has 1 N–H and O–H groups in total. The van der Waals surface area contributed by atoms with E-state index in [2.05, 4.69) is 10.3 Å². The Bertz CT molecular complexity index is 669. The minimum atomic E-state index is -3.59. The van der Waals surface area contributed by atoms with Gasteiger partial charge in [0.25, 0.3) is 0 Å². The molecule has 108 valence electrons. The Balaban J connectivity index is 2.39. The molecule has 0 aromatic carbocycles. The van der Waals surface area contributed by atoms with Gasteiger partial charge >= 0.3 is 0 Å². The van der Waals surface area contributed by atoms with Crippen molar-refractivity contribution in [1.82, 2.24) is 9.29 Å². The Hall–Kier alpha value is -1.44. The number of pyridine rings is 1. The van der Waals surface area contributed by atoms with E-state index < -0.39 is 10.0 Å². The fourth-order valence-electron chi connectivity index (χ4n) is 1.86. The minimum Gasteiger partial charge on any atom is -0.387 e. The lowest BCUT2D eigenvalue weighted by Crippen LogP contribution is -2.30. The molecule has 2 aromatic rings. The molecule has 7 heteroatoms. The van der Waals surface area contributed by atoms with Gasteiger partial charge < -0.3 is 5.32 Å². The van der Waals surface area contributed by atoms with Crippen molar-refractivity contribution in [3.05, 3.63) is 40.8 Å². The average Bonchev–Trinajstić information content (AvgIpc) is 2.99. The van der Waals surface area contributed by atoms with Crippen molar-refractivity contribution in [3.8, 4) is 0 Å². The highest BCUT2D eigenvalue weighted by atomic mass is 32.2. The van der Waals surface area contributed by atoms with E-state index in [4.69, 9.17) is 0 Å². The van der Waals surface area contributed by atoms with Crippen LogP contribution < -0.4 is 5.32 Å². The molecule has 0 amide bonds. The molecular formula is C13H17N3O2S2. The Morgan fingerprint density at radius 1 is 1.40 bits per heavy atom. The van der Waals surface area contributed by atoms with Crippen molar-refractivity contribution in [3.63, 3.8) is 0 Å². The van der Waals surface area contributed by atoms with Crippen molar-refractivity contribution in [2.45, 2.75) is 17.9 Å². The van der Waals surface area contributed by atoms with E-state index in [-0.39, 0.29) is 10.9 Å². The van der Waals surface area contributed by atoms with Crippen LogP contribution in [-0.4, -0.2) is 31.8 Å². The first-order valence-corrected chi connectivity index (χ1v) is 8.43. The van der Waals surface area contributed by atoms with Crippen LogP contribution in [0.5, 0.6) is 0 Å². The molecule has 2 rings (SSSR count). The number of hydrogen-bond acceptors (Lipinski definition) is 5. The normalized spacial score (nSPS) is 13.4. The fourth-order valence-corrected chi connectivity index (χ4v) is 4.24. The smallest absolute Gasteiger partial charge is 0.246 e. The van der Waals surface area contributed by atoms with E-state index in [0.717, 1.165) is 4.88 Å². The van der Waals surface area contributed by atoms with Crippen LogP contribution in [0.15, 0.2) is 40.9 Å². The molecule has 1 unspecified atom stereocenters. The summed E-state index contributed by atoms with van der Waals surface area (Å²) in [4.78, 5) is 5.11. The molecule has 1 atom stereocenters. The third kappa shape index (κ3) is 2.70. The van der Waals surface area contributed by atoms with Gasteiger partial charge in [0.05, 0.1) is 11.7 Å². The van der Waals surface area contributed by atoms with Crippen LogP contribution in [0.4, 0.5) is 5.69 Å². The number of aromatic nitrogens is 1. The molecule has 0 aliphatic heterocycles. The van der Waals surface area contributed by atoms with Crippen molar-refractivity contribution in [2.75, 3.05) is 19.4 Å². The zero-order valence-electron chi connectivity index (χ0n) is 11.6. The van der Waals surface area contributed by atoms with Crippen LogP contribution in [0.2, 0.25) is 0 Å². The predicted molar refractivity (Wildman–Crippen MR) is 81.5 cm³/mol.